The molecule has 166 valence electrons. The van der Waals surface area contributed by atoms with E-state index in [0.717, 1.165) is 25.3 Å². The monoisotopic (exact) mass is 425 g/mol. The lowest BCUT2D eigenvalue weighted by Crippen LogP contribution is -2.27. The van der Waals surface area contributed by atoms with Crippen LogP contribution in [0.4, 0.5) is 0 Å². The third-order valence-corrected chi connectivity index (χ3v) is 5.16. The highest BCUT2D eigenvalue weighted by Crippen LogP contribution is 2.30. The summed E-state index contributed by atoms with van der Waals surface area (Å²) >= 11 is 0. The van der Waals surface area contributed by atoms with Gasteiger partial charge in [-0.15, -0.1) is 0 Å². The highest BCUT2D eigenvalue weighted by Gasteiger charge is 2.12. The van der Waals surface area contributed by atoms with Crippen LogP contribution in [0.2, 0.25) is 0 Å². The van der Waals surface area contributed by atoms with E-state index in [2.05, 4.69) is 53.8 Å². The zero-order valence-electron chi connectivity index (χ0n) is 18.9. The van der Waals surface area contributed by atoms with Gasteiger partial charge in [0.25, 0.3) is 5.56 Å². The Morgan fingerprint density at radius 3 is 2.32 bits per heavy atom. The number of ether oxygens (including phenoxy) is 3. The van der Waals surface area contributed by atoms with Gasteiger partial charge in [0.15, 0.2) is 11.5 Å². The van der Waals surface area contributed by atoms with Gasteiger partial charge >= 0.3 is 0 Å². The van der Waals surface area contributed by atoms with Crippen molar-refractivity contribution in [3.8, 4) is 17.2 Å². The van der Waals surface area contributed by atoms with E-state index < -0.39 is 0 Å². The fourth-order valence-electron chi connectivity index (χ4n) is 3.64. The second-order valence-electron chi connectivity index (χ2n) is 7.63. The van der Waals surface area contributed by atoms with E-state index in [-0.39, 0.29) is 5.56 Å². The molecule has 7 heteroatoms. The van der Waals surface area contributed by atoms with Crippen LogP contribution < -0.4 is 19.8 Å². The van der Waals surface area contributed by atoms with E-state index >= 15 is 0 Å². The van der Waals surface area contributed by atoms with E-state index in [1.165, 1.54) is 11.1 Å². The van der Waals surface area contributed by atoms with Gasteiger partial charge in [-0.05, 0) is 56.1 Å². The van der Waals surface area contributed by atoms with Crippen LogP contribution in [-0.4, -0.2) is 48.8 Å². The quantitative estimate of drug-likeness (QED) is 0.497. The first-order valence-corrected chi connectivity index (χ1v) is 10.5. The Morgan fingerprint density at radius 1 is 1.00 bits per heavy atom. The van der Waals surface area contributed by atoms with E-state index in [0.29, 0.717) is 41.4 Å². The molecule has 31 heavy (non-hydrogen) atoms. The number of hydrogen-bond donors (Lipinski definition) is 1. The second-order valence-corrected chi connectivity index (χ2v) is 7.63. The molecule has 0 saturated heterocycles. The lowest BCUT2D eigenvalue weighted by atomic mass is 10.1. The van der Waals surface area contributed by atoms with Gasteiger partial charge in [0.1, 0.15) is 11.6 Å². The first kappa shape index (κ1) is 22.6. The Labute approximate surface area is 183 Å². The maximum absolute atomic E-state index is 12.6. The summed E-state index contributed by atoms with van der Waals surface area (Å²) in [5.74, 6) is 2.59. The third-order valence-electron chi connectivity index (χ3n) is 5.16. The van der Waals surface area contributed by atoms with Crippen molar-refractivity contribution < 1.29 is 14.2 Å². The Kier molecular flexibility index (Phi) is 7.52. The Hall–Kier alpha value is -3.06. The molecular weight excluding hydrogens is 394 g/mol. The molecule has 0 bridgehead atoms. The minimum absolute atomic E-state index is 0.185. The number of H-pyrrole nitrogens is 1. The van der Waals surface area contributed by atoms with Gasteiger partial charge in [-0.3, -0.25) is 9.69 Å². The number of fused-ring (bicyclic) bond motifs is 1. The molecule has 7 nitrogen and oxygen atoms in total. The average molecular weight is 426 g/mol. The first-order valence-electron chi connectivity index (χ1n) is 10.5. The van der Waals surface area contributed by atoms with Gasteiger partial charge in [0.2, 0.25) is 0 Å². The molecule has 0 amide bonds. The Morgan fingerprint density at radius 2 is 1.68 bits per heavy atom. The molecule has 3 aromatic rings. The van der Waals surface area contributed by atoms with Crippen LogP contribution >= 0.6 is 0 Å². The summed E-state index contributed by atoms with van der Waals surface area (Å²) in [7, 11) is 3.11. The maximum atomic E-state index is 12.6. The predicted molar refractivity (Wildman–Crippen MR) is 122 cm³/mol. The molecule has 0 aliphatic heterocycles. The standard InChI is InChI=1S/C24H31N3O4/c1-6-27(8-7-9-31-18-11-16(2)10-17(3)12-18)15-23-25-20-14-22(30-5)21(29-4)13-19(20)24(28)26-23/h10-14H,6-9,15H2,1-5H3,(H,25,26,28). The number of aryl methyl sites for hydroxylation is 2. The van der Waals surface area contributed by atoms with Crippen molar-refractivity contribution in [3.05, 3.63) is 57.6 Å². The second kappa shape index (κ2) is 10.3. The van der Waals surface area contributed by atoms with Crippen LogP contribution in [0.1, 0.15) is 30.3 Å². The normalized spacial score (nSPS) is 11.2. The summed E-state index contributed by atoms with van der Waals surface area (Å²) in [4.78, 5) is 22.3. The molecule has 3 rings (SSSR count). The van der Waals surface area contributed by atoms with Crippen LogP contribution in [0.3, 0.4) is 0 Å². The number of rotatable bonds is 10. The third kappa shape index (κ3) is 5.76. The molecule has 0 saturated carbocycles. The maximum Gasteiger partial charge on any atom is 0.258 e. The van der Waals surface area contributed by atoms with Crippen LogP contribution in [0.5, 0.6) is 17.2 Å². The molecule has 1 heterocycles. The molecule has 0 radical (unpaired) electrons. The van der Waals surface area contributed by atoms with E-state index in [4.69, 9.17) is 14.2 Å². The molecule has 1 aromatic heterocycles. The minimum atomic E-state index is -0.185. The number of nitrogens with zero attached hydrogens (tertiary/aromatic N) is 2. The Bertz CT molecular complexity index is 1070. The molecule has 0 unspecified atom stereocenters. The molecular formula is C24H31N3O4. The minimum Gasteiger partial charge on any atom is -0.494 e. The van der Waals surface area contributed by atoms with Gasteiger partial charge in [-0.2, -0.15) is 0 Å². The van der Waals surface area contributed by atoms with Crippen molar-refractivity contribution >= 4 is 10.9 Å². The highest BCUT2D eigenvalue weighted by atomic mass is 16.5. The van der Waals surface area contributed by atoms with Crippen molar-refractivity contribution in [2.24, 2.45) is 0 Å². The molecule has 2 aromatic carbocycles. The van der Waals surface area contributed by atoms with Crippen molar-refractivity contribution in [1.82, 2.24) is 14.9 Å². The van der Waals surface area contributed by atoms with Crippen LogP contribution in [-0.2, 0) is 6.54 Å². The van der Waals surface area contributed by atoms with Crippen molar-refractivity contribution in [2.45, 2.75) is 33.7 Å². The fourth-order valence-corrected chi connectivity index (χ4v) is 3.64. The topological polar surface area (TPSA) is 76.7 Å². The zero-order valence-corrected chi connectivity index (χ0v) is 18.9. The van der Waals surface area contributed by atoms with Gasteiger partial charge in [0.05, 0.1) is 38.3 Å². The van der Waals surface area contributed by atoms with Gasteiger partial charge in [-0.25, -0.2) is 4.98 Å². The zero-order chi connectivity index (χ0) is 22.4. The summed E-state index contributed by atoms with van der Waals surface area (Å²) in [5, 5.41) is 0.478. The lowest BCUT2D eigenvalue weighted by Gasteiger charge is -2.20. The highest BCUT2D eigenvalue weighted by molar-refractivity contribution is 5.81. The number of benzene rings is 2. The van der Waals surface area contributed by atoms with Gasteiger partial charge < -0.3 is 19.2 Å². The summed E-state index contributed by atoms with van der Waals surface area (Å²) < 4.78 is 16.5. The first-order chi connectivity index (χ1) is 14.9. The van der Waals surface area contributed by atoms with Gasteiger partial charge in [-0.1, -0.05) is 13.0 Å². The SMILES string of the molecule is CCN(CCCOc1cc(C)cc(C)c1)Cc1nc2cc(OC)c(OC)cc2c(=O)[nH]1. The van der Waals surface area contributed by atoms with Gasteiger partial charge in [0, 0.05) is 12.6 Å². The van der Waals surface area contributed by atoms with Crippen LogP contribution in [0, 0.1) is 13.8 Å². The molecule has 1 N–H and O–H groups in total. The number of nitrogens with one attached hydrogen (secondary N) is 1. The fraction of sp³-hybridized carbons (Fsp3) is 0.417. The molecule has 0 aliphatic rings. The van der Waals surface area contributed by atoms with E-state index in [9.17, 15) is 4.79 Å². The van der Waals surface area contributed by atoms with E-state index in [1.54, 1.807) is 26.4 Å². The molecule has 0 spiro atoms. The summed E-state index contributed by atoms with van der Waals surface area (Å²) in [6.45, 7) is 9.12. The number of aromatic nitrogens is 2. The number of methoxy groups -OCH3 is 2. The summed E-state index contributed by atoms with van der Waals surface area (Å²) in [5.41, 5.74) is 2.80. The number of hydrogen-bond acceptors (Lipinski definition) is 6. The molecule has 0 atom stereocenters. The largest absolute Gasteiger partial charge is 0.494 e. The lowest BCUT2D eigenvalue weighted by molar-refractivity contribution is 0.232. The van der Waals surface area contributed by atoms with Crippen LogP contribution in [0.15, 0.2) is 35.1 Å². The average Bonchev–Trinajstić information content (AvgIpc) is 2.74. The predicted octanol–water partition coefficient (Wildman–Crippen LogP) is 3.85. The smallest absolute Gasteiger partial charge is 0.258 e. The van der Waals surface area contributed by atoms with Crippen molar-refractivity contribution in [2.75, 3.05) is 33.9 Å². The molecule has 0 aliphatic carbocycles. The van der Waals surface area contributed by atoms with Crippen LogP contribution in [0.25, 0.3) is 10.9 Å². The molecule has 0 fully saturated rings. The Balaban J connectivity index is 1.64. The summed E-state index contributed by atoms with van der Waals surface area (Å²) in [6.07, 6.45) is 0.879. The van der Waals surface area contributed by atoms with Crippen molar-refractivity contribution in [1.29, 1.82) is 0 Å². The number of aromatic amines is 1. The van der Waals surface area contributed by atoms with Crippen molar-refractivity contribution in [3.63, 3.8) is 0 Å². The van der Waals surface area contributed by atoms with E-state index in [1.807, 2.05) is 0 Å². The summed E-state index contributed by atoms with van der Waals surface area (Å²) in [6, 6.07) is 9.64.